The number of rotatable bonds is 2. The number of nitro benzene ring substituents is 1. The number of nitrogens with zero attached hydrogens (tertiary/aromatic N) is 4. The summed E-state index contributed by atoms with van der Waals surface area (Å²) in [6.45, 7) is 1.43. The molecule has 0 saturated heterocycles. The lowest BCUT2D eigenvalue weighted by atomic mass is 10.1. The van der Waals surface area contributed by atoms with Crippen molar-refractivity contribution in [2.45, 2.75) is 13.1 Å². The van der Waals surface area contributed by atoms with Crippen LogP contribution in [-0.4, -0.2) is 31.8 Å². The first-order chi connectivity index (χ1) is 10.1. The zero-order valence-corrected chi connectivity index (χ0v) is 11.7. The van der Waals surface area contributed by atoms with Gasteiger partial charge in [0.15, 0.2) is 0 Å². The van der Waals surface area contributed by atoms with Crippen molar-refractivity contribution in [3.05, 3.63) is 57.1 Å². The van der Waals surface area contributed by atoms with Crippen LogP contribution >= 0.6 is 11.6 Å². The van der Waals surface area contributed by atoms with Crippen LogP contribution in [0.25, 0.3) is 0 Å². The van der Waals surface area contributed by atoms with Gasteiger partial charge in [0, 0.05) is 36.6 Å². The van der Waals surface area contributed by atoms with Crippen molar-refractivity contribution in [3.63, 3.8) is 0 Å². The van der Waals surface area contributed by atoms with Gasteiger partial charge in [0.25, 0.3) is 11.6 Å². The molecule has 8 heteroatoms. The van der Waals surface area contributed by atoms with Crippen molar-refractivity contribution in [2.24, 2.45) is 0 Å². The maximum Gasteiger partial charge on any atom is 0.282 e. The van der Waals surface area contributed by atoms with Gasteiger partial charge in [-0.2, -0.15) is 0 Å². The number of hydrogen-bond donors (Lipinski definition) is 0. The minimum absolute atomic E-state index is 0.00695. The van der Waals surface area contributed by atoms with E-state index in [0.29, 0.717) is 24.7 Å². The van der Waals surface area contributed by atoms with Gasteiger partial charge >= 0.3 is 0 Å². The Morgan fingerprint density at radius 2 is 2.19 bits per heavy atom. The number of carbonyl (C=O) groups is 1. The molecule has 1 aromatic heterocycles. The first kappa shape index (κ1) is 13.6. The molecule has 2 aromatic rings. The van der Waals surface area contributed by atoms with Crippen LogP contribution in [0.3, 0.4) is 0 Å². The Morgan fingerprint density at radius 1 is 1.38 bits per heavy atom. The van der Waals surface area contributed by atoms with E-state index >= 15 is 0 Å². The fraction of sp³-hybridized carbons (Fsp3) is 0.231. The average Bonchev–Trinajstić information content (AvgIpc) is 2.93. The lowest BCUT2D eigenvalue weighted by Gasteiger charge is -2.27. The van der Waals surface area contributed by atoms with Crippen molar-refractivity contribution in [3.8, 4) is 0 Å². The second-order valence-corrected chi connectivity index (χ2v) is 5.12. The van der Waals surface area contributed by atoms with Crippen LogP contribution in [0.2, 0.25) is 5.02 Å². The minimum Gasteiger partial charge on any atom is -0.332 e. The van der Waals surface area contributed by atoms with Gasteiger partial charge in [-0.3, -0.25) is 14.9 Å². The Morgan fingerprint density at radius 3 is 2.95 bits per heavy atom. The Labute approximate surface area is 124 Å². The molecular formula is C13H11ClN4O3. The normalized spacial score (nSPS) is 13.9. The van der Waals surface area contributed by atoms with E-state index < -0.39 is 10.8 Å². The number of aromatic nitrogens is 2. The molecule has 0 saturated carbocycles. The Hall–Kier alpha value is -2.41. The number of halogens is 1. The molecule has 0 radical (unpaired) electrons. The van der Waals surface area contributed by atoms with E-state index in [0.717, 1.165) is 5.82 Å². The van der Waals surface area contributed by atoms with Gasteiger partial charge in [-0.05, 0) is 12.1 Å². The Bertz CT molecular complexity index is 728. The number of imidazole rings is 1. The zero-order valence-electron chi connectivity index (χ0n) is 10.9. The fourth-order valence-corrected chi connectivity index (χ4v) is 2.53. The second kappa shape index (κ2) is 5.17. The molecule has 1 aromatic carbocycles. The van der Waals surface area contributed by atoms with Crippen molar-refractivity contribution in [1.82, 2.24) is 14.5 Å². The molecule has 1 aliphatic heterocycles. The third-order valence-corrected chi connectivity index (χ3v) is 3.65. The summed E-state index contributed by atoms with van der Waals surface area (Å²) in [6, 6.07) is 3.99. The van der Waals surface area contributed by atoms with Crippen LogP contribution in [-0.2, 0) is 13.1 Å². The molecule has 2 heterocycles. The number of nitro groups is 1. The van der Waals surface area contributed by atoms with Gasteiger partial charge in [0.2, 0.25) is 0 Å². The van der Waals surface area contributed by atoms with Crippen LogP contribution in [0.1, 0.15) is 16.2 Å². The predicted octanol–water partition coefficient (Wildman–Crippen LogP) is 2.10. The molecule has 0 atom stereocenters. The molecular weight excluding hydrogens is 296 g/mol. The van der Waals surface area contributed by atoms with Gasteiger partial charge in [0.05, 0.1) is 11.5 Å². The topological polar surface area (TPSA) is 81.3 Å². The monoisotopic (exact) mass is 306 g/mol. The minimum atomic E-state index is -0.575. The highest BCUT2D eigenvalue weighted by molar-refractivity contribution is 6.31. The Balaban J connectivity index is 1.93. The quantitative estimate of drug-likeness (QED) is 0.628. The number of hydrogen-bond acceptors (Lipinski definition) is 4. The first-order valence-corrected chi connectivity index (χ1v) is 6.67. The van der Waals surface area contributed by atoms with Gasteiger partial charge in [0.1, 0.15) is 11.4 Å². The van der Waals surface area contributed by atoms with E-state index in [2.05, 4.69) is 4.98 Å². The SMILES string of the molecule is O=C(c1cc(Cl)ccc1[N+](=O)[O-])N1CCn2ccnc2C1. The maximum absolute atomic E-state index is 12.5. The molecule has 0 fully saturated rings. The van der Waals surface area contributed by atoms with Crippen LogP contribution in [0.4, 0.5) is 5.69 Å². The number of amides is 1. The standard InChI is InChI=1S/C13H11ClN4O3/c14-9-1-2-11(18(20)21)10(7-9)13(19)17-6-5-16-4-3-15-12(16)8-17/h1-4,7H,5-6,8H2. The van der Waals surface area contributed by atoms with Crippen molar-refractivity contribution in [2.75, 3.05) is 6.54 Å². The molecule has 0 spiro atoms. The van der Waals surface area contributed by atoms with Gasteiger partial charge < -0.3 is 9.47 Å². The largest absolute Gasteiger partial charge is 0.332 e. The van der Waals surface area contributed by atoms with E-state index in [1.807, 2.05) is 10.8 Å². The number of benzene rings is 1. The third-order valence-electron chi connectivity index (χ3n) is 3.42. The van der Waals surface area contributed by atoms with Crippen molar-refractivity contribution < 1.29 is 9.72 Å². The summed E-state index contributed by atoms with van der Waals surface area (Å²) in [4.78, 5) is 28.7. The summed E-state index contributed by atoms with van der Waals surface area (Å²) in [5, 5.41) is 11.3. The fourth-order valence-electron chi connectivity index (χ4n) is 2.36. The lowest BCUT2D eigenvalue weighted by molar-refractivity contribution is -0.385. The van der Waals surface area contributed by atoms with Crippen LogP contribution in [0, 0.1) is 10.1 Å². The molecule has 108 valence electrons. The van der Waals surface area contributed by atoms with Gasteiger partial charge in [-0.25, -0.2) is 4.98 Å². The summed E-state index contributed by atoms with van der Waals surface area (Å²) < 4.78 is 1.95. The number of fused-ring (bicyclic) bond motifs is 1. The summed E-state index contributed by atoms with van der Waals surface area (Å²) in [5.74, 6) is 0.359. The van der Waals surface area contributed by atoms with Crippen molar-refractivity contribution in [1.29, 1.82) is 0 Å². The highest BCUT2D eigenvalue weighted by Crippen LogP contribution is 2.25. The summed E-state index contributed by atoms with van der Waals surface area (Å²) in [6.07, 6.45) is 3.52. The summed E-state index contributed by atoms with van der Waals surface area (Å²) >= 11 is 5.86. The van der Waals surface area contributed by atoms with E-state index in [1.165, 1.54) is 18.2 Å². The van der Waals surface area contributed by atoms with Crippen LogP contribution < -0.4 is 0 Å². The number of carbonyl (C=O) groups excluding carboxylic acids is 1. The predicted molar refractivity (Wildman–Crippen MR) is 75.1 cm³/mol. The van der Waals surface area contributed by atoms with Gasteiger partial charge in [-0.15, -0.1) is 0 Å². The highest BCUT2D eigenvalue weighted by atomic mass is 35.5. The molecule has 0 aliphatic carbocycles. The maximum atomic E-state index is 12.5. The molecule has 21 heavy (non-hydrogen) atoms. The zero-order chi connectivity index (χ0) is 15.0. The molecule has 1 aliphatic rings. The van der Waals surface area contributed by atoms with Gasteiger partial charge in [-0.1, -0.05) is 11.6 Å². The summed E-state index contributed by atoms with van der Waals surface area (Å²) in [7, 11) is 0. The molecule has 1 amide bonds. The Kier molecular flexibility index (Phi) is 3.34. The first-order valence-electron chi connectivity index (χ1n) is 6.29. The molecule has 0 N–H and O–H groups in total. The van der Waals surface area contributed by atoms with E-state index in [1.54, 1.807) is 11.1 Å². The molecule has 0 unspecified atom stereocenters. The van der Waals surface area contributed by atoms with E-state index in [9.17, 15) is 14.9 Å². The van der Waals surface area contributed by atoms with E-state index in [4.69, 9.17) is 11.6 Å². The summed E-state index contributed by atoms with van der Waals surface area (Å²) in [5.41, 5.74) is -0.231. The highest BCUT2D eigenvalue weighted by Gasteiger charge is 2.27. The molecule has 7 nitrogen and oxygen atoms in total. The van der Waals surface area contributed by atoms with E-state index in [-0.39, 0.29) is 11.3 Å². The molecule has 0 bridgehead atoms. The lowest BCUT2D eigenvalue weighted by Crippen LogP contribution is -2.38. The average molecular weight is 307 g/mol. The smallest absolute Gasteiger partial charge is 0.282 e. The molecule has 3 rings (SSSR count). The van der Waals surface area contributed by atoms with Crippen LogP contribution in [0.15, 0.2) is 30.6 Å². The second-order valence-electron chi connectivity index (χ2n) is 4.68. The third kappa shape index (κ3) is 2.47. The van der Waals surface area contributed by atoms with Crippen molar-refractivity contribution >= 4 is 23.2 Å². The van der Waals surface area contributed by atoms with Crippen LogP contribution in [0.5, 0.6) is 0 Å².